The second-order valence-corrected chi connectivity index (χ2v) is 4.09. The first-order valence-corrected chi connectivity index (χ1v) is 5.92. The molecule has 2 rings (SSSR count). The molecule has 106 valence electrons. The number of hydrogen-bond donors (Lipinski definition) is 3. The molecule has 20 heavy (non-hydrogen) atoms. The van der Waals surface area contributed by atoms with Crippen LogP contribution in [-0.2, 0) is 4.79 Å². The van der Waals surface area contributed by atoms with Crippen molar-refractivity contribution in [2.24, 2.45) is 5.73 Å². The number of carbonyl (C=O) groups excluding carboxylic acids is 1. The summed E-state index contributed by atoms with van der Waals surface area (Å²) < 4.78 is 1.41. The van der Waals surface area contributed by atoms with E-state index in [0.717, 1.165) is 0 Å². The van der Waals surface area contributed by atoms with Gasteiger partial charge in [0.05, 0.1) is 0 Å². The van der Waals surface area contributed by atoms with Crippen LogP contribution in [0.2, 0.25) is 0 Å². The lowest BCUT2D eigenvalue weighted by Gasteiger charge is -2.13. The topological polar surface area (TPSA) is 137 Å². The predicted molar refractivity (Wildman–Crippen MR) is 71.2 cm³/mol. The number of anilines is 2. The summed E-state index contributed by atoms with van der Waals surface area (Å²) in [4.78, 5) is 27.2. The van der Waals surface area contributed by atoms with Crippen molar-refractivity contribution in [1.29, 1.82) is 0 Å². The van der Waals surface area contributed by atoms with Gasteiger partial charge in [-0.1, -0.05) is 0 Å². The van der Waals surface area contributed by atoms with Crippen molar-refractivity contribution in [3.8, 4) is 5.95 Å². The molecule has 0 saturated heterocycles. The zero-order valence-corrected chi connectivity index (χ0v) is 11.1. The molecule has 0 fully saturated rings. The van der Waals surface area contributed by atoms with Gasteiger partial charge in [0, 0.05) is 19.5 Å². The molecule has 1 amide bonds. The highest BCUT2D eigenvalue weighted by Crippen LogP contribution is 2.09. The normalized spacial score (nSPS) is 11.9. The largest absolute Gasteiger partial charge is 0.370 e. The fourth-order valence-electron chi connectivity index (χ4n) is 1.53. The second-order valence-electron chi connectivity index (χ2n) is 4.09. The summed E-state index contributed by atoms with van der Waals surface area (Å²) in [6, 6.07) is -0.191. The lowest BCUT2D eigenvalue weighted by atomic mass is 10.2. The molecular weight excluding hydrogens is 262 g/mol. The van der Waals surface area contributed by atoms with E-state index in [1.54, 1.807) is 7.05 Å². The molecule has 0 aliphatic heterocycles. The van der Waals surface area contributed by atoms with Gasteiger partial charge >= 0.3 is 0 Å². The number of nitrogens with two attached hydrogens (primary N) is 1. The van der Waals surface area contributed by atoms with Crippen molar-refractivity contribution in [1.82, 2.24) is 29.7 Å². The van der Waals surface area contributed by atoms with Gasteiger partial charge < -0.3 is 16.4 Å². The van der Waals surface area contributed by atoms with Crippen LogP contribution >= 0.6 is 0 Å². The van der Waals surface area contributed by atoms with E-state index in [-0.39, 0.29) is 12.5 Å². The van der Waals surface area contributed by atoms with Crippen LogP contribution < -0.4 is 16.4 Å². The summed E-state index contributed by atoms with van der Waals surface area (Å²) in [6.45, 7) is 1.81. The molecule has 10 nitrogen and oxygen atoms in total. The maximum atomic E-state index is 10.9. The van der Waals surface area contributed by atoms with Crippen molar-refractivity contribution in [3.05, 3.63) is 12.7 Å². The Morgan fingerprint density at radius 1 is 1.40 bits per heavy atom. The molecule has 1 unspecified atom stereocenters. The number of carbonyl (C=O) groups is 1. The van der Waals surface area contributed by atoms with E-state index >= 15 is 0 Å². The van der Waals surface area contributed by atoms with Gasteiger partial charge in [-0.3, -0.25) is 4.79 Å². The molecule has 0 bridgehead atoms. The summed E-state index contributed by atoms with van der Waals surface area (Å²) in [5, 5.41) is 9.77. The molecule has 2 aromatic rings. The Morgan fingerprint density at radius 2 is 2.15 bits per heavy atom. The van der Waals surface area contributed by atoms with Gasteiger partial charge in [0.2, 0.25) is 17.8 Å². The van der Waals surface area contributed by atoms with Gasteiger partial charge in [-0.05, 0) is 6.92 Å². The third kappa shape index (κ3) is 3.37. The number of nitrogens with one attached hydrogen (secondary N) is 2. The van der Waals surface area contributed by atoms with Gasteiger partial charge in [-0.25, -0.2) is 4.98 Å². The Balaban J connectivity index is 2.24. The standard InChI is InChI=1S/C10H15N9O/c1-6(3-7(11)20)15-9-16-8(12-2)17-10(18-9)19-5-13-4-14-19/h4-6H,3H2,1-2H3,(H2,11,20)(H2,12,15,16,17,18). The van der Waals surface area contributed by atoms with Gasteiger partial charge in [-0.15, -0.1) is 0 Å². The van der Waals surface area contributed by atoms with Crippen LogP contribution in [0.5, 0.6) is 0 Å². The lowest BCUT2D eigenvalue weighted by Crippen LogP contribution is -2.25. The van der Waals surface area contributed by atoms with E-state index in [2.05, 4.69) is 35.7 Å². The Morgan fingerprint density at radius 3 is 2.75 bits per heavy atom. The Kier molecular flexibility index (Phi) is 4.03. The highest BCUT2D eigenvalue weighted by Gasteiger charge is 2.11. The van der Waals surface area contributed by atoms with E-state index in [1.807, 2.05) is 6.92 Å². The average Bonchev–Trinajstić information content (AvgIpc) is 2.91. The van der Waals surface area contributed by atoms with E-state index < -0.39 is 5.91 Å². The Hall–Kier alpha value is -2.78. The van der Waals surface area contributed by atoms with Crippen molar-refractivity contribution < 1.29 is 4.79 Å². The highest BCUT2D eigenvalue weighted by molar-refractivity contribution is 5.74. The van der Waals surface area contributed by atoms with Gasteiger partial charge in [-0.2, -0.15) is 24.7 Å². The first-order valence-electron chi connectivity index (χ1n) is 5.92. The molecule has 0 radical (unpaired) electrons. The minimum atomic E-state index is -0.399. The summed E-state index contributed by atoms with van der Waals surface area (Å²) in [7, 11) is 1.69. The molecule has 10 heteroatoms. The van der Waals surface area contributed by atoms with Crippen molar-refractivity contribution in [2.75, 3.05) is 17.7 Å². The molecule has 0 aliphatic carbocycles. The maximum Gasteiger partial charge on any atom is 0.258 e. The van der Waals surface area contributed by atoms with Crippen LogP contribution in [0, 0.1) is 0 Å². The number of nitrogens with zero attached hydrogens (tertiary/aromatic N) is 6. The molecule has 0 spiro atoms. The van der Waals surface area contributed by atoms with Crippen LogP contribution in [0.1, 0.15) is 13.3 Å². The summed E-state index contributed by atoms with van der Waals surface area (Å²) in [5.74, 6) is 0.614. The monoisotopic (exact) mass is 277 g/mol. The lowest BCUT2D eigenvalue weighted by molar-refractivity contribution is -0.118. The van der Waals surface area contributed by atoms with Crippen LogP contribution in [0.3, 0.4) is 0 Å². The smallest absolute Gasteiger partial charge is 0.258 e. The molecular formula is C10H15N9O. The number of rotatable bonds is 6. The molecule has 2 aromatic heterocycles. The molecule has 0 aliphatic rings. The summed E-state index contributed by atoms with van der Waals surface area (Å²) in [6.07, 6.45) is 3.04. The fraction of sp³-hybridized carbons (Fsp3) is 0.400. The number of primary amides is 1. The van der Waals surface area contributed by atoms with E-state index in [4.69, 9.17) is 5.73 Å². The van der Waals surface area contributed by atoms with E-state index in [9.17, 15) is 4.79 Å². The zero-order valence-electron chi connectivity index (χ0n) is 11.1. The third-order valence-electron chi connectivity index (χ3n) is 2.35. The molecule has 0 aromatic carbocycles. The third-order valence-corrected chi connectivity index (χ3v) is 2.35. The number of aromatic nitrogens is 6. The minimum absolute atomic E-state index is 0.180. The first kappa shape index (κ1) is 13.6. The minimum Gasteiger partial charge on any atom is -0.370 e. The average molecular weight is 277 g/mol. The van der Waals surface area contributed by atoms with Gasteiger partial charge in [0.15, 0.2) is 0 Å². The van der Waals surface area contributed by atoms with E-state index in [1.165, 1.54) is 17.3 Å². The van der Waals surface area contributed by atoms with E-state index in [0.29, 0.717) is 17.8 Å². The number of hydrogen-bond acceptors (Lipinski definition) is 8. The van der Waals surface area contributed by atoms with Crippen molar-refractivity contribution in [3.63, 3.8) is 0 Å². The summed E-state index contributed by atoms with van der Waals surface area (Å²) in [5.41, 5.74) is 5.14. The zero-order chi connectivity index (χ0) is 14.5. The Labute approximate surface area is 114 Å². The van der Waals surface area contributed by atoms with Crippen molar-refractivity contribution >= 4 is 17.8 Å². The molecule has 4 N–H and O–H groups in total. The fourth-order valence-corrected chi connectivity index (χ4v) is 1.53. The first-order chi connectivity index (χ1) is 9.58. The predicted octanol–water partition coefficient (Wildman–Crippen LogP) is -0.830. The Bertz CT molecular complexity index is 582. The van der Waals surface area contributed by atoms with Crippen LogP contribution in [0.15, 0.2) is 12.7 Å². The van der Waals surface area contributed by atoms with Crippen LogP contribution in [0.25, 0.3) is 5.95 Å². The number of amides is 1. The maximum absolute atomic E-state index is 10.9. The molecule has 2 heterocycles. The highest BCUT2D eigenvalue weighted by atomic mass is 16.1. The molecule has 0 saturated carbocycles. The quantitative estimate of drug-likeness (QED) is 0.622. The van der Waals surface area contributed by atoms with Crippen LogP contribution in [-0.4, -0.2) is 48.7 Å². The van der Waals surface area contributed by atoms with Crippen LogP contribution in [0.4, 0.5) is 11.9 Å². The molecule has 1 atom stereocenters. The van der Waals surface area contributed by atoms with Gasteiger partial charge in [0.1, 0.15) is 12.7 Å². The second kappa shape index (κ2) is 5.91. The summed E-state index contributed by atoms with van der Waals surface area (Å²) >= 11 is 0. The van der Waals surface area contributed by atoms with Crippen molar-refractivity contribution in [2.45, 2.75) is 19.4 Å². The van der Waals surface area contributed by atoms with Gasteiger partial charge in [0.25, 0.3) is 5.95 Å². The SMILES string of the molecule is CNc1nc(NC(C)CC(N)=O)nc(-n2cncn2)n1.